The third-order valence-electron chi connectivity index (χ3n) is 3.64. The van der Waals surface area contributed by atoms with Gasteiger partial charge in [0.1, 0.15) is 0 Å². The normalized spacial score (nSPS) is 12.9. The maximum Gasteiger partial charge on any atom is 0.194 e. The van der Waals surface area contributed by atoms with Crippen LogP contribution in [0.25, 0.3) is 0 Å². The van der Waals surface area contributed by atoms with Crippen LogP contribution in [-0.2, 0) is 20.0 Å². The second kappa shape index (κ2) is 9.08. The van der Waals surface area contributed by atoms with Gasteiger partial charge >= 0.3 is 0 Å². The van der Waals surface area contributed by atoms with Crippen molar-refractivity contribution in [3.63, 3.8) is 0 Å². The van der Waals surface area contributed by atoms with Crippen molar-refractivity contribution in [1.82, 2.24) is 20.0 Å². The van der Waals surface area contributed by atoms with E-state index in [2.05, 4.69) is 15.4 Å². The molecule has 0 fully saturated rings. The topological polar surface area (TPSA) is 65.7 Å². The summed E-state index contributed by atoms with van der Waals surface area (Å²) in [7, 11) is 3.89. The van der Waals surface area contributed by atoms with Gasteiger partial charge in [-0.2, -0.15) is 5.10 Å². The summed E-state index contributed by atoms with van der Waals surface area (Å²) < 4.78 is 1.79. The molecule has 0 saturated carbocycles. The fourth-order valence-electron chi connectivity index (χ4n) is 2.51. The number of benzene rings is 1. The lowest BCUT2D eigenvalue weighted by Crippen LogP contribution is -2.39. The Hall–Kier alpha value is -2.34. The molecule has 0 spiro atoms. The molecule has 2 aromatic rings. The number of aromatic nitrogens is 2. The van der Waals surface area contributed by atoms with Crippen LogP contribution in [0.2, 0.25) is 0 Å². The summed E-state index contributed by atoms with van der Waals surface area (Å²) in [5.74, 6) is 0.786. The van der Waals surface area contributed by atoms with E-state index in [1.54, 1.807) is 4.68 Å². The highest BCUT2D eigenvalue weighted by Crippen LogP contribution is 2.05. The van der Waals surface area contributed by atoms with Crippen molar-refractivity contribution in [3.05, 3.63) is 53.9 Å². The van der Waals surface area contributed by atoms with Gasteiger partial charge in [0.2, 0.25) is 0 Å². The molecule has 0 aliphatic rings. The second-order valence-corrected chi connectivity index (χ2v) is 5.92. The Balaban J connectivity index is 1.93. The van der Waals surface area contributed by atoms with E-state index in [0.717, 1.165) is 23.6 Å². The molecule has 0 aliphatic heterocycles. The van der Waals surface area contributed by atoms with Crippen LogP contribution < -0.4 is 5.32 Å². The molecule has 2 N–H and O–H groups in total. The fourth-order valence-corrected chi connectivity index (χ4v) is 2.51. The minimum atomic E-state index is -0.493. The van der Waals surface area contributed by atoms with E-state index in [4.69, 9.17) is 0 Å². The molecule has 130 valence electrons. The predicted octanol–water partition coefficient (Wildman–Crippen LogP) is 1.42. The summed E-state index contributed by atoms with van der Waals surface area (Å²) in [5, 5.41) is 17.7. The molecular weight excluding hydrogens is 302 g/mol. The highest BCUT2D eigenvalue weighted by Gasteiger charge is 2.10. The number of hydrogen-bond donors (Lipinski definition) is 2. The molecule has 24 heavy (non-hydrogen) atoms. The molecule has 0 aliphatic carbocycles. The van der Waals surface area contributed by atoms with Crippen molar-refractivity contribution >= 4 is 5.96 Å². The van der Waals surface area contributed by atoms with Crippen LogP contribution in [0.15, 0.2) is 47.7 Å². The number of nitrogens with zero attached hydrogens (tertiary/aromatic N) is 4. The fraction of sp³-hybridized carbons (Fsp3) is 0.444. The zero-order valence-electron chi connectivity index (χ0n) is 14.7. The summed E-state index contributed by atoms with van der Waals surface area (Å²) in [5.41, 5.74) is 2.24. The van der Waals surface area contributed by atoms with Crippen molar-refractivity contribution in [2.24, 2.45) is 12.0 Å². The molecule has 0 radical (unpaired) electrons. The van der Waals surface area contributed by atoms with Gasteiger partial charge in [-0.05, 0) is 12.5 Å². The van der Waals surface area contributed by atoms with E-state index < -0.39 is 6.10 Å². The summed E-state index contributed by atoms with van der Waals surface area (Å²) in [6.07, 6.45) is 3.96. The largest absolute Gasteiger partial charge is 0.391 e. The molecule has 0 saturated heterocycles. The first-order chi connectivity index (χ1) is 11.6. The van der Waals surface area contributed by atoms with E-state index in [9.17, 15) is 5.11 Å². The van der Waals surface area contributed by atoms with Crippen molar-refractivity contribution in [3.8, 4) is 0 Å². The number of aryl methyl sites for hydroxylation is 1. The number of rotatable bonds is 7. The monoisotopic (exact) mass is 329 g/mol. The van der Waals surface area contributed by atoms with Crippen LogP contribution in [0.1, 0.15) is 18.1 Å². The lowest BCUT2D eigenvalue weighted by molar-refractivity contribution is 0.183. The lowest BCUT2D eigenvalue weighted by atomic mass is 10.1. The maximum atomic E-state index is 10.2. The highest BCUT2D eigenvalue weighted by atomic mass is 16.3. The minimum Gasteiger partial charge on any atom is -0.391 e. The minimum absolute atomic E-state index is 0.370. The average Bonchev–Trinajstić information content (AvgIpc) is 2.97. The summed E-state index contributed by atoms with van der Waals surface area (Å²) in [6.45, 7) is 3.90. The maximum absolute atomic E-state index is 10.2. The Morgan fingerprint density at radius 2 is 2.08 bits per heavy atom. The number of aliphatic hydroxyl groups excluding tert-OH is 1. The molecule has 1 heterocycles. The van der Waals surface area contributed by atoms with Gasteiger partial charge in [0.25, 0.3) is 0 Å². The van der Waals surface area contributed by atoms with E-state index in [1.165, 1.54) is 0 Å². The van der Waals surface area contributed by atoms with Gasteiger partial charge in [0.15, 0.2) is 5.96 Å². The Morgan fingerprint density at radius 3 is 2.71 bits per heavy atom. The lowest BCUT2D eigenvalue weighted by Gasteiger charge is -2.22. The van der Waals surface area contributed by atoms with Gasteiger partial charge in [0.05, 0.1) is 18.8 Å². The average molecular weight is 329 g/mol. The third kappa shape index (κ3) is 5.70. The number of guanidine groups is 1. The zero-order valence-corrected chi connectivity index (χ0v) is 14.7. The number of nitrogens with one attached hydrogen (secondary N) is 1. The van der Waals surface area contributed by atoms with Gasteiger partial charge in [-0.3, -0.25) is 9.67 Å². The van der Waals surface area contributed by atoms with Crippen LogP contribution in [0.5, 0.6) is 0 Å². The Morgan fingerprint density at radius 1 is 1.33 bits per heavy atom. The Bertz CT molecular complexity index is 638. The number of aliphatic hydroxyl groups is 1. The number of hydrogen-bond acceptors (Lipinski definition) is 3. The summed E-state index contributed by atoms with van der Waals surface area (Å²) in [4.78, 5) is 6.60. The zero-order chi connectivity index (χ0) is 17.4. The molecular formula is C18H27N5O. The molecule has 2 rings (SSSR count). The highest BCUT2D eigenvalue weighted by molar-refractivity contribution is 5.79. The van der Waals surface area contributed by atoms with E-state index in [1.807, 2.05) is 68.6 Å². The molecule has 1 aromatic carbocycles. The molecule has 6 nitrogen and oxygen atoms in total. The molecule has 0 amide bonds. The van der Waals surface area contributed by atoms with Gasteiger partial charge in [-0.1, -0.05) is 30.3 Å². The predicted molar refractivity (Wildman–Crippen MR) is 96.8 cm³/mol. The molecule has 1 atom stereocenters. The van der Waals surface area contributed by atoms with Gasteiger partial charge in [0, 0.05) is 45.4 Å². The van der Waals surface area contributed by atoms with Gasteiger partial charge < -0.3 is 15.3 Å². The summed E-state index contributed by atoms with van der Waals surface area (Å²) >= 11 is 0. The van der Waals surface area contributed by atoms with Crippen molar-refractivity contribution in [1.29, 1.82) is 0 Å². The van der Waals surface area contributed by atoms with Crippen LogP contribution in [0.4, 0.5) is 0 Å². The summed E-state index contributed by atoms with van der Waals surface area (Å²) in [6, 6.07) is 9.98. The van der Waals surface area contributed by atoms with Crippen LogP contribution in [0.3, 0.4) is 0 Å². The van der Waals surface area contributed by atoms with Crippen molar-refractivity contribution in [2.45, 2.75) is 26.0 Å². The van der Waals surface area contributed by atoms with Crippen LogP contribution in [-0.4, -0.2) is 52.0 Å². The van der Waals surface area contributed by atoms with E-state index in [0.29, 0.717) is 19.5 Å². The molecule has 1 aromatic heterocycles. The second-order valence-electron chi connectivity index (χ2n) is 5.92. The SMILES string of the molecule is CCNC(=NCC(O)Cc1ccccc1)N(C)Cc1cnn(C)c1. The Labute approximate surface area is 143 Å². The smallest absolute Gasteiger partial charge is 0.194 e. The molecule has 1 unspecified atom stereocenters. The molecule has 0 bridgehead atoms. The molecule has 6 heteroatoms. The van der Waals surface area contributed by atoms with Crippen LogP contribution >= 0.6 is 0 Å². The van der Waals surface area contributed by atoms with Crippen molar-refractivity contribution in [2.75, 3.05) is 20.1 Å². The van der Waals surface area contributed by atoms with E-state index in [-0.39, 0.29) is 0 Å². The third-order valence-corrected chi connectivity index (χ3v) is 3.64. The first-order valence-electron chi connectivity index (χ1n) is 8.27. The first-order valence-corrected chi connectivity index (χ1v) is 8.27. The Kier molecular flexibility index (Phi) is 6.81. The van der Waals surface area contributed by atoms with Crippen LogP contribution in [0, 0.1) is 0 Å². The van der Waals surface area contributed by atoms with Gasteiger partial charge in [-0.15, -0.1) is 0 Å². The standard InChI is InChI=1S/C18H27N5O/c1-4-19-18(22(2)13-16-11-21-23(3)14-16)20-12-17(24)10-15-8-6-5-7-9-15/h5-9,11,14,17,24H,4,10,12-13H2,1-3H3,(H,19,20). The van der Waals surface area contributed by atoms with Gasteiger partial charge in [-0.25, -0.2) is 0 Å². The number of aliphatic imine (C=N–C) groups is 1. The van der Waals surface area contributed by atoms with E-state index >= 15 is 0 Å². The quantitative estimate of drug-likeness (QED) is 0.596. The van der Waals surface area contributed by atoms with Crippen molar-refractivity contribution < 1.29 is 5.11 Å². The first kappa shape index (κ1) is 18.0.